The largest absolute Gasteiger partial charge is 0.352 e. The fraction of sp³-hybridized carbons (Fsp3) is 0.455. The molecule has 0 fully saturated rings. The molecule has 2 N–H and O–H groups in total. The normalized spacial score (nSPS) is 11.5. The standard InChI is InChI=1S/C11H17N3O3S2/c1-14(19(2,16)17)8-4-7-12-10(15)9-5-3-6-13-11(9)18/h3,5-6H,4,7-8H2,1-2H3,(H,12,15)(H,13,18). The number of amides is 1. The van der Waals surface area contributed by atoms with Crippen molar-refractivity contribution in [2.45, 2.75) is 6.42 Å². The molecule has 0 aliphatic carbocycles. The predicted molar refractivity (Wildman–Crippen MR) is 76.1 cm³/mol. The van der Waals surface area contributed by atoms with Gasteiger partial charge in [-0.3, -0.25) is 4.79 Å². The zero-order valence-corrected chi connectivity index (χ0v) is 12.5. The van der Waals surface area contributed by atoms with Gasteiger partial charge < -0.3 is 10.3 Å². The molecule has 0 spiro atoms. The predicted octanol–water partition coefficient (Wildman–Crippen LogP) is 0.755. The Morgan fingerprint density at radius 2 is 2.21 bits per heavy atom. The fourth-order valence-corrected chi connectivity index (χ4v) is 2.05. The molecule has 0 radical (unpaired) electrons. The zero-order chi connectivity index (χ0) is 14.5. The molecule has 19 heavy (non-hydrogen) atoms. The quantitative estimate of drug-likeness (QED) is 0.600. The topological polar surface area (TPSA) is 82.3 Å². The van der Waals surface area contributed by atoms with Gasteiger partial charge in [0, 0.05) is 26.3 Å². The number of aromatic amines is 1. The summed E-state index contributed by atoms with van der Waals surface area (Å²) in [6.07, 6.45) is 3.34. The molecule has 0 saturated heterocycles. The van der Waals surface area contributed by atoms with Gasteiger partial charge in [-0.05, 0) is 18.6 Å². The summed E-state index contributed by atoms with van der Waals surface area (Å²) in [5, 5.41) is 2.70. The van der Waals surface area contributed by atoms with Crippen molar-refractivity contribution in [3.05, 3.63) is 28.5 Å². The van der Waals surface area contributed by atoms with E-state index in [2.05, 4.69) is 10.3 Å². The number of sulfonamides is 1. The highest BCUT2D eigenvalue weighted by Gasteiger charge is 2.10. The van der Waals surface area contributed by atoms with Gasteiger partial charge >= 0.3 is 0 Å². The number of carbonyl (C=O) groups is 1. The van der Waals surface area contributed by atoms with Crippen LogP contribution in [0.2, 0.25) is 0 Å². The Balaban J connectivity index is 2.41. The highest BCUT2D eigenvalue weighted by molar-refractivity contribution is 7.88. The van der Waals surface area contributed by atoms with E-state index in [9.17, 15) is 13.2 Å². The lowest BCUT2D eigenvalue weighted by molar-refractivity contribution is 0.0952. The Labute approximate surface area is 117 Å². The average molecular weight is 303 g/mol. The van der Waals surface area contributed by atoms with Crippen molar-refractivity contribution in [3.63, 3.8) is 0 Å². The first kappa shape index (κ1) is 15.8. The molecule has 1 amide bonds. The minimum atomic E-state index is -3.16. The van der Waals surface area contributed by atoms with Crippen LogP contribution in [-0.4, -0.2) is 50.0 Å². The van der Waals surface area contributed by atoms with E-state index >= 15 is 0 Å². The van der Waals surface area contributed by atoms with Crippen LogP contribution in [0, 0.1) is 4.64 Å². The summed E-state index contributed by atoms with van der Waals surface area (Å²) >= 11 is 4.99. The Kier molecular flexibility index (Phi) is 5.64. The van der Waals surface area contributed by atoms with Gasteiger partial charge in [-0.15, -0.1) is 0 Å². The molecule has 8 heteroatoms. The first-order valence-electron chi connectivity index (χ1n) is 5.69. The summed E-state index contributed by atoms with van der Waals surface area (Å²) in [4.78, 5) is 14.6. The lowest BCUT2D eigenvalue weighted by Crippen LogP contribution is -2.31. The van der Waals surface area contributed by atoms with Crippen LogP contribution in [0.25, 0.3) is 0 Å². The molecule has 6 nitrogen and oxygen atoms in total. The number of pyridine rings is 1. The molecule has 1 aromatic heterocycles. The van der Waals surface area contributed by atoms with Crippen LogP contribution >= 0.6 is 12.2 Å². The van der Waals surface area contributed by atoms with E-state index in [1.165, 1.54) is 11.4 Å². The Bertz CT molecular complexity index is 595. The van der Waals surface area contributed by atoms with E-state index < -0.39 is 10.0 Å². The van der Waals surface area contributed by atoms with Crippen molar-refractivity contribution < 1.29 is 13.2 Å². The van der Waals surface area contributed by atoms with Crippen molar-refractivity contribution in [3.8, 4) is 0 Å². The average Bonchev–Trinajstić information content (AvgIpc) is 2.33. The van der Waals surface area contributed by atoms with Crippen LogP contribution in [0.3, 0.4) is 0 Å². The third-order valence-electron chi connectivity index (χ3n) is 2.56. The third kappa shape index (κ3) is 5.09. The van der Waals surface area contributed by atoms with Crippen LogP contribution in [0.1, 0.15) is 16.8 Å². The summed E-state index contributed by atoms with van der Waals surface area (Å²) < 4.78 is 23.9. The fourth-order valence-electron chi connectivity index (χ4n) is 1.37. The second-order valence-electron chi connectivity index (χ2n) is 4.11. The molecule has 0 atom stereocenters. The molecule has 1 aromatic rings. The molecule has 106 valence electrons. The van der Waals surface area contributed by atoms with Crippen molar-refractivity contribution in [1.29, 1.82) is 0 Å². The summed E-state index contributed by atoms with van der Waals surface area (Å²) in [5.41, 5.74) is 0.411. The summed E-state index contributed by atoms with van der Waals surface area (Å²) in [7, 11) is -1.66. The summed E-state index contributed by atoms with van der Waals surface area (Å²) in [5.74, 6) is -0.260. The number of rotatable bonds is 6. The molecular formula is C11H17N3O3S2. The smallest absolute Gasteiger partial charge is 0.254 e. The maximum Gasteiger partial charge on any atom is 0.254 e. The molecule has 0 saturated carbocycles. The van der Waals surface area contributed by atoms with Crippen molar-refractivity contribution in [2.75, 3.05) is 26.4 Å². The van der Waals surface area contributed by atoms with Gasteiger partial charge in [0.15, 0.2) is 0 Å². The van der Waals surface area contributed by atoms with E-state index in [1.54, 1.807) is 18.3 Å². The second-order valence-corrected chi connectivity index (χ2v) is 6.60. The van der Waals surface area contributed by atoms with E-state index in [1.807, 2.05) is 0 Å². The van der Waals surface area contributed by atoms with E-state index in [4.69, 9.17) is 12.2 Å². The van der Waals surface area contributed by atoms with Crippen molar-refractivity contribution >= 4 is 28.1 Å². The van der Waals surface area contributed by atoms with Crippen molar-refractivity contribution in [1.82, 2.24) is 14.6 Å². The van der Waals surface area contributed by atoms with Crippen LogP contribution in [0.5, 0.6) is 0 Å². The van der Waals surface area contributed by atoms with Gasteiger partial charge in [0.1, 0.15) is 4.64 Å². The van der Waals surface area contributed by atoms with Gasteiger partial charge in [0.05, 0.1) is 11.8 Å². The van der Waals surface area contributed by atoms with Crippen LogP contribution in [0.15, 0.2) is 18.3 Å². The Morgan fingerprint density at radius 3 is 2.79 bits per heavy atom. The van der Waals surface area contributed by atoms with Gasteiger partial charge in [0.2, 0.25) is 10.0 Å². The monoisotopic (exact) mass is 303 g/mol. The van der Waals surface area contributed by atoms with Gasteiger partial charge in [-0.2, -0.15) is 0 Å². The van der Waals surface area contributed by atoms with Gasteiger partial charge in [-0.25, -0.2) is 12.7 Å². The SMILES string of the molecule is CN(CCCNC(=O)c1ccc[nH]c1=S)S(C)(=O)=O. The maximum atomic E-state index is 11.8. The summed E-state index contributed by atoms with van der Waals surface area (Å²) in [6.45, 7) is 0.753. The lowest BCUT2D eigenvalue weighted by Gasteiger charge is -2.13. The van der Waals surface area contributed by atoms with E-state index in [0.29, 0.717) is 29.7 Å². The number of nitrogens with one attached hydrogen (secondary N) is 2. The Morgan fingerprint density at radius 1 is 1.53 bits per heavy atom. The lowest BCUT2D eigenvalue weighted by atomic mass is 10.2. The number of hydrogen-bond acceptors (Lipinski definition) is 4. The number of aromatic nitrogens is 1. The van der Waals surface area contributed by atoms with E-state index in [-0.39, 0.29) is 5.91 Å². The maximum absolute atomic E-state index is 11.8. The number of carbonyl (C=O) groups excluding carboxylic acids is 1. The zero-order valence-electron chi connectivity index (χ0n) is 10.8. The van der Waals surface area contributed by atoms with E-state index in [0.717, 1.165) is 6.26 Å². The first-order valence-corrected chi connectivity index (χ1v) is 7.95. The molecule has 1 heterocycles. The highest BCUT2D eigenvalue weighted by atomic mass is 32.2. The molecule has 0 unspecified atom stereocenters. The molecule has 1 rings (SSSR count). The Hall–Kier alpha value is -1.25. The van der Waals surface area contributed by atoms with Crippen molar-refractivity contribution in [2.24, 2.45) is 0 Å². The molecule has 0 bridgehead atoms. The first-order chi connectivity index (χ1) is 8.82. The number of H-pyrrole nitrogens is 1. The third-order valence-corrected chi connectivity index (χ3v) is 4.22. The number of hydrogen-bond donors (Lipinski definition) is 2. The molecular weight excluding hydrogens is 286 g/mol. The number of nitrogens with zero attached hydrogens (tertiary/aromatic N) is 1. The summed E-state index contributed by atoms with van der Waals surface area (Å²) in [6, 6.07) is 3.33. The minimum absolute atomic E-state index is 0.260. The van der Waals surface area contributed by atoms with Crippen LogP contribution in [0.4, 0.5) is 0 Å². The molecule has 0 aliphatic heterocycles. The molecule has 0 aliphatic rings. The van der Waals surface area contributed by atoms with Gasteiger partial charge in [0.25, 0.3) is 5.91 Å². The second kappa shape index (κ2) is 6.78. The highest BCUT2D eigenvalue weighted by Crippen LogP contribution is 1.99. The van der Waals surface area contributed by atoms with Gasteiger partial charge in [-0.1, -0.05) is 12.2 Å². The minimum Gasteiger partial charge on any atom is -0.352 e. The van der Waals surface area contributed by atoms with Crippen LogP contribution < -0.4 is 5.32 Å². The van der Waals surface area contributed by atoms with Crippen LogP contribution in [-0.2, 0) is 10.0 Å². The molecule has 0 aromatic carbocycles.